The summed E-state index contributed by atoms with van der Waals surface area (Å²) in [4.78, 5) is 23.9. The van der Waals surface area contributed by atoms with Gasteiger partial charge < -0.3 is 19.9 Å². The monoisotopic (exact) mass is 295 g/mol. The van der Waals surface area contributed by atoms with Crippen LogP contribution in [0.3, 0.4) is 0 Å². The van der Waals surface area contributed by atoms with Crippen LogP contribution in [0.25, 0.3) is 0 Å². The van der Waals surface area contributed by atoms with Crippen molar-refractivity contribution >= 4 is 17.6 Å². The lowest BCUT2D eigenvalue weighted by Gasteiger charge is -2.17. The van der Waals surface area contributed by atoms with Gasteiger partial charge in [-0.2, -0.15) is 0 Å². The van der Waals surface area contributed by atoms with E-state index in [4.69, 9.17) is 19.9 Å². The van der Waals surface area contributed by atoms with Gasteiger partial charge in [0, 0.05) is 5.69 Å². The van der Waals surface area contributed by atoms with Gasteiger partial charge in [0.2, 0.25) is 0 Å². The molecular formula is C15H21NO5. The molecule has 1 unspecified atom stereocenters. The van der Waals surface area contributed by atoms with Crippen molar-refractivity contribution in [1.29, 1.82) is 0 Å². The smallest absolute Gasteiger partial charge is 0.347 e. The number of rotatable bonds is 7. The standard InChI is InChI=1S/C15H21NO5/c1-4-11(14(17)20-6-3)21-15(18)13-10(16)8-7-9-12(13)19-5-2/h7-9,11H,4-6,16H2,1-3H3. The largest absolute Gasteiger partial charge is 0.493 e. The highest BCUT2D eigenvalue weighted by molar-refractivity contribution is 5.99. The Kier molecular flexibility index (Phi) is 6.52. The van der Waals surface area contributed by atoms with Crippen molar-refractivity contribution in [2.45, 2.75) is 33.3 Å². The van der Waals surface area contributed by atoms with Crippen molar-refractivity contribution in [3.63, 3.8) is 0 Å². The van der Waals surface area contributed by atoms with Crippen LogP contribution in [0, 0.1) is 0 Å². The fourth-order valence-electron chi connectivity index (χ4n) is 1.76. The van der Waals surface area contributed by atoms with Crippen LogP contribution in [-0.2, 0) is 14.3 Å². The van der Waals surface area contributed by atoms with Crippen LogP contribution in [0.2, 0.25) is 0 Å². The number of hydrogen-bond acceptors (Lipinski definition) is 6. The summed E-state index contributed by atoms with van der Waals surface area (Å²) in [6.45, 7) is 5.83. The normalized spacial score (nSPS) is 11.6. The summed E-state index contributed by atoms with van der Waals surface area (Å²) in [7, 11) is 0. The van der Waals surface area contributed by atoms with E-state index in [2.05, 4.69) is 0 Å². The fraction of sp³-hybridized carbons (Fsp3) is 0.467. The van der Waals surface area contributed by atoms with Gasteiger partial charge in [0.05, 0.1) is 13.2 Å². The van der Waals surface area contributed by atoms with E-state index >= 15 is 0 Å². The van der Waals surface area contributed by atoms with Crippen molar-refractivity contribution in [2.75, 3.05) is 18.9 Å². The molecule has 0 heterocycles. The summed E-state index contributed by atoms with van der Waals surface area (Å²) in [6, 6.07) is 4.88. The van der Waals surface area contributed by atoms with Crippen molar-refractivity contribution < 1.29 is 23.8 Å². The van der Waals surface area contributed by atoms with Crippen LogP contribution >= 0.6 is 0 Å². The number of esters is 2. The maximum atomic E-state index is 12.2. The Labute approximate surface area is 124 Å². The molecule has 6 heteroatoms. The summed E-state index contributed by atoms with van der Waals surface area (Å²) >= 11 is 0. The second kappa shape index (κ2) is 8.14. The first-order valence-electron chi connectivity index (χ1n) is 6.93. The molecule has 0 saturated heterocycles. The molecule has 0 aliphatic carbocycles. The van der Waals surface area contributed by atoms with E-state index in [0.29, 0.717) is 18.8 Å². The Morgan fingerprint density at radius 3 is 2.48 bits per heavy atom. The minimum atomic E-state index is -0.952. The van der Waals surface area contributed by atoms with Crippen LogP contribution in [-0.4, -0.2) is 31.3 Å². The summed E-state index contributed by atoms with van der Waals surface area (Å²) < 4.78 is 15.4. The van der Waals surface area contributed by atoms with Gasteiger partial charge in [-0.3, -0.25) is 0 Å². The van der Waals surface area contributed by atoms with Crippen molar-refractivity contribution in [3.8, 4) is 5.75 Å². The van der Waals surface area contributed by atoms with E-state index in [9.17, 15) is 9.59 Å². The average molecular weight is 295 g/mol. The van der Waals surface area contributed by atoms with Crippen molar-refractivity contribution in [2.24, 2.45) is 0 Å². The molecule has 1 rings (SSSR count). The topological polar surface area (TPSA) is 87.9 Å². The summed E-state index contributed by atoms with van der Waals surface area (Å²) in [5, 5.41) is 0. The number of hydrogen-bond donors (Lipinski definition) is 1. The number of nitrogen functional groups attached to an aromatic ring is 1. The Bertz CT molecular complexity index is 501. The first kappa shape index (κ1) is 16.8. The van der Waals surface area contributed by atoms with E-state index in [-0.39, 0.29) is 17.9 Å². The Morgan fingerprint density at radius 2 is 1.90 bits per heavy atom. The zero-order valence-electron chi connectivity index (χ0n) is 12.5. The van der Waals surface area contributed by atoms with E-state index < -0.39 is 18.0 Å². The van der Waals surface area contributed by atoms with Crippen LogP contribution in [0.4, 0.5) is 5.69 Å². The van der Waals surface area contributed by atoms with Crippen LogP contribution in [0.5, 0.6) is 5.75 Å². The third-order valence-corrected chi connectivity index (χ3v) is 2.73. The average Bonchev–Trinajstić information content (AvgIpc) is 2.45. The lowest BCUT2D eigenvalue weighted by Crippen LogP contribution is -2.29. The number of ether oxygens (including phenoxy) is 3. The number of nitrogens with two attached hydrogens (primary N) is 1. The van der Waals surface area contributed by atoms with E-state index in [1.165, 1.54) is 0 Å². The van der Waals surface area contributed by atoms with Crippen LogP contribution < -0.4 is 10.5 Å². The number of anilines is 1. The fourth-order valence-corrected chi connectivity index (χ4v) is 1.76. The molecule has 21 heavy (non-hydrogen) atoms. The molecule has 1 aromatic carbocycles. The molecule has 1 aromatic rings. The number of carbonyl (C=O) groups excluding carboxylic acids is 2. The molecule has 116 valence electrons. The number of carbonyl (C=O) groups is 2. The Morgan fingerprint density at radius 1 is 1.19 bits per heavy atom. The molecule has 0 spiro atoms. The van der Waals surface area contributed by atoms with Gasteiger partial charge in [-0.15, -0.1) is 0 Å². The van der Waals surface area contributed by atoms with Gasteiger partial charge in [0.15, 0.2) is 6.10 Å². The molecule has 1 atom stereocenters. The highest BCUT2D eigenvalue weighted by atomic mass is 16.6. The zero-order chi connectivity index (χ0) is 15.8. The summed E-state index contributed by atoms with van der Waals surface area (Å²) in [5.41, 5.74) is 6.17. The van der Waals surface area contributed by atoms with E-state index in [0.717, 1.165) is 0 Å². The third-order valence-electron chi connectivity index (χ3n) is 2.73. The lowest BCUT2D eigenvalue weighted by atomic mass is 10.1. The molecule has 2 N–H and O–H groups in total. The zero-order valence-corrected chi connectivity index (χ0v) is 12.5. The third kappa shape index (κ3) is 4.37. The van der Waals surface area contributed by atoms with Gasteiger partial charge in [0.1, 0.15) is 11.3 Å². The van der Waals surface area contributed by atoms with Crippen molar-refractivity contribution in [1.82, 2.24) is 0 Å². The molecular weight excluding hydrogens is 274 g/mol. The predicted molar refractivity (Wildman–Crippen MR) is 78.2 cm³/mol. The minimum absolute atomic E-state index is 0.127. The minimum Gasteiger partial charge on any atom is -0.493 e. The molecule has 0 aliphatic rings. The number of benzene rings is 1. The van der Waals surface area contributed by atoms with Gasteiger partial charge in [-0.05, 0) is 32.4 Å². The Balaban J connectivity index is 2.95. The maximum absolute atomic E-state index is 12.2. The predicted octanol–water partition coefficient (Wildman–Crippen LogP) is 2.17. The van der Waals surface area contributed by atoms with E-state index in [1.807, 2.05) is 0 Å². The lowest BCUT2D eigenvalue weighted by molar-refractivity contribution is -0.153. The molecule has 0 aliphatic heterocycles. The van der Waals surface area contributed by atoms with Crippen LogP contribution in [0.1, 0.15) is 37.6 Å². The molecule has 6 nitrogen and oxygen atoms in total. The molecule has 0 radical (unpaired) electrons. The quantitative estimate of drug-likeness (QED) is 0.612. The highest BCUT2D eigenvalue weighted by Crippen LogP contribution is 2.26. The van der Waals surface area contributed by atoms with Gasteiger partial charge in [-0.1, -0.05) is 13.0 Å². The molecule has 0 bridgehead atoms. The second-order valence-electron chi connectivity index (χ2n) is 4.21. The maximum Gasteiger partial charge on any atom is 0.347 e. The molecule has 0 fully saturated rings. The van der Waals surface area contributed by atoms with Gasteiger partial charge in [0.25, 0.3) is 0 Å². The molecule has 0 saturated carbocycles. The van der Waals surface area contributed by atoms with Gasteiger partial charge in [-0.25, -0.2) is 9.59 Å². The summed E-state index contributed by atoms with van der Waals surface area (Å²) in [5.74, 6) is -0.932. The highest BCUT2D eigenvalue weighted by Gasteiger charge is 2.26. The molecule has 0 aromatic heterocycles. The Hall–Kier alpha value is -2.24. The first-order chi connectivity index (χ1) is 10.0. The van der Waals surface area contributed by atoms with Crippen LogP contribution in [0.15, 0.2) is 18.2 Å². The first-order valence-corrected chi connectivity index (χ1v) is 6.93. The summed E-state index contributed by atoms with van der Waals surface area (Å²) in [6.07, 6.45) is -0.632. The SMILES string of the molecule is CCOC(=O)C(CC)OC(=O)c1c(N)cccc1OCC. The molecule has 0 amide bonds. The second-order valence-corrected chi connectivity index (χ2v) is 4.21. The van der Waals surface area contributed by atoms with Gasteiger partial charge >= 0.3 is 11.9 Å². The van der Waals surface area contributed by atoms with Crippen molar-refractivity contribution in [3.05, 3.63) is 23.8 Å². The van der Waals surface area contributed by atoms with E-state index in [1.54, 1.807) is 39.0 Å².